The number of hydrogen-bond donors (Lipinski definition) is 2. The van der Waals surface area contributed by atoms with Gasteiger partial charge in [-0.3, -0.25) is 9.78 Å². The summed E-state index contributed by atoms with van der Waals surface area (Å²) in [7, 11) is 0. The number of aliphatic carboxylic acids is 1. The fraction of sp³-hybridized carbons (Fsp3) is 0.231. The average Bonchev–Trinajstić information content (AvgIpc) is 2.38. The molecule has 0 saturated heterocycles. The third-order valence-corrected chi connectivity index (χ3v) is 2.59. The second-order valence-electron chi connectivity index (χ2n) is 3.94. The summed E-state index contributed by atoms with van der Waals surface area (Å²) in [6, 6.07) is 8.51. The predicted molar refractivity (Wildman–Crippen MR) is 67.5 cm³/mol. The second-order valence-corrected chi connectivity index (χ2v) is 3.94. The van der Waals surface area contributed by atoms with E-state index < -0.39 is 12.0 Å². The van der Waals surface area contributed by atoms with E-state index in [1.54, 1.807) is 6.20 Å². The molecule has 2 aromatic rings. The highest BCUT2D eigenvalue weighted by Gasteiger charge is 2.10. The van der Waals surface area contributed by atoms with E-state index in [4.69, 9.17) is 15.6 Å². The van der Waals surface area contributed by atoms with Gasteiger partial charge in [0.05, 0.1) is 12.1 Å². The molecular weight excluding hydrogens is 232 g/mol. The van der Waals surface area contributed by atoms with E-state index >= 15 is 0 Å². The third-order valence-electron chi connectivity index (χ3n) is 2.59. The molecule has 5 heteroatoms. The smallest absolute Gasteiger partial charge is 0.320 e. The van der Waals surface area contributed by atoms with Crippen LogP contribution in [0.2, 0.25) is 0 Å². The first-order valence-corrected chi connectivity index (χ1v) is 5.63. The maximum Gasteiger partial charge on any atom is 0.320 e. The van der Waals surface area contributed by atoms with Crippen LogP contribution in [0.15, 0.2) is 36.5 Å². The number of nitrogens with two attached hydrogens (primary N) is 1. The highest BCUT2D eigenvalue weighted by molar-refractivity contribution is 5.79. The number of ether oxygens (including phenoxy) is 1. The Bertz CT molecular complexity index is 557. The summed E-state index contributed by atoms with van der Waals surface area (Å²) in [6.07, 6.45) is 1.99. The lowest BCUT2D eigenvalue weighted by atomic mass is 10.2. The number of nitrogens with zero attached hydrogens (tertiary/aromatic N) is 1. The summed E-state index contributed by atoms with van der Waals surface area (Å²) in [5.41, 5.74) is 6.22. The van der Waals surface area contributed by atoms with Gasteiger partial charge < -0.3 is 15.6 Å². The van der Waals surface area contributed by atoms with Crippen molar-refractivity contribution in [2.24, 2.45) is 5.73 Å². The van der Waals surface area contributed by atoms with Crippen LogP contribution in [-0.2, 0) is 4.79 Å². The van der Waals surface area contributed by atoms with Gasteiger partial charge in [-0.05, 0) is 18.2 Å². The van der Waals surface area contributed by atoms with Crippen molar-refractivity contribution in [3.63, 3.8) is 0 Å². The molecule has 0 amide bonds. The zero-order valence-corrected chi connectivity index (χ0v) is 9.74. The normalized spacial score (nSPS) is 12.3. The maximum atomic E-state index is 10.5. The number of pyridine rings is 1. The molecule has 0 aliphatic carbocycles. The maximum absolute atomic E-state index is 10.5. The van der Waals surface area contributed by atoms with Crippen LogP contribution in [0, 0.1) is 0 Å². The number of fused-ring (bicyclic) bond motifs is 1. The van der Waals surface area contributed by atoms with E-state index in [0.717, 1.165) is 10.9 Å². The number of carboxylic acids is 1. The molecule has 0 aliphatic heterocycles. The molecular formula is C13H14N2O3. The minimum Gasteiger partial charge on any atom is -0.493 e. The van der Waals surface area contributed by atoms with Gasteiger partial charge in [0.2, 0.25) is 0 Å². The monoisotopic (exact) mass is 246 g/mol. The highest BCUT2D eigenvalue weighted by Crippen LogP contribution is 2.18. The number of rotatable bonds is 5. The minimum absolute atomic E-state index is 0.270. The fourth-order valence-electron chi connectivity index (χ4n) is 1.56. The van der Waals surface area contributed by atoms with Crippen LogP contribution in [0.25, 0.3) is 10.9 Å². The van der Waals surface area contributed by atoms with Crippen LogP contribution in [0.3, 0.4) is 0 Å². The van der Waals surface area contributed by atoms with Crippen molar-refractivity contribution < 1.29 is 14.6 Å². The molecule has 1 unspecified atom stereocenters. The fourth-order valence-corrected chi connectivity index (χ4v) is 1.56. The first kappa shape index (κ1) is 12.3. The van der Waals surface area contributed by atoms with E-state index in [1.165, 1.54) is 0 Å². The molecule has 0 aliphatic rings. The quantitative estimate of drug-likeness (QED) is 0.833. The summed E-state index contributed by atoms with van der Waals surface area (Å²) < 4.78 is 5.45. The first-order chi connectivity index (χ1) is 8.66. The number of carboxylic acid groups (broad SMARTS) is 1. The van der Waals surface area contributed by atoms with Crippen LogP contribution >= 0.6 is 0 Å². The van der Waals surface area contributed by atoms with Crippen LogP contribution in [0.4, 0.5) is 0 Å². The van der Waals surface area contributed by atoms with E-state index in [9.17, 15) is 4.79 Å². The van der Waals surface area contributed by atoms with Crippen molar-refractivity contribution in [1.29, 1.82) is 0 Å². The summed E-state index contributed by atoms with van der Waals surface area (Å²) in [5, 5.41) is 9.66. The Morgan fingerprint density at radius 3 is 3.06 bits per heavy atom. The number of carbonyl (C=O) groups is 1. The molecule has 1 aromatic heterocycles. The molecule has 1 aromatic carbocycles. The molecule has 5 nitrogen and oxygen atoms in total. The number of aromatic nitrogens is 1. The molecule has 0 radical (unpaired) electrons. The molecule has 3 N–H and O–H groups in total. The van der Waals surface area contributed by atoms with Crippen molar-refractivity contribution in [1.82, 2.24) is 4.98 Å². The van der Waals surface area contributed by atoms with Gasteiger partial charge in [0.1, 0.15) is 11.8 Å². The molecule has 0 spiro atoms. The summed E-state index contributed by atoms with van der Waals surface area (Å²) in [4.78, 5) is 14.7. The Kier molecular flexibility index (Phi) is 3.74. The van der Waals surface area contributed by atoms with Crippen molar-refractivity contribution >= 4 is 16.9 Å². The van der Waals surface area contributed by atoms with Gasteiger partial charge in [-0.15, -0.1) is 0 Å². The Morgan fingerprint density at radius 1 is 1.44 bits per heavy atom. The van der Waals surface area contributed by atoms with E-state index in [2.05, 4.69) is 4.98 Å². The van der Waals surface area contributed by atoms with Gasteiger partial charge in [-0.25, -0.2) is 0 Å². The zero-order chi connectivity index (χ0) is 13.0. The molecule has 0 bridgehead atoms. The summed E-state index contributed by atoms with van der Waals surface area (Å²) >= 11 is 0. The second kappa shape index (κ2) is 5.46. The van der Waals surface area contributed by atoms with Gasteiger partial charge in [-0.2, -0.15) is 0 Å². The van der Waals surface area contributed by atoms with Gasteiger partial charge >= 0.3 is 5.97 Å². The molecule has 0 saturated carbocycles. The Hall–Kier alpha value is -2.14. The van der Waals surface area contributed by atoms with Gasteiger partial charge in [0.25, 0.3) is 0 Å². The lowest BCUT2D eigenvalue weighted by molar-refractivity contribution is -0.138. The third kappa shape index (κ3) is 2.95. The van der Waals surface area contributed by atoms with Gasteiger partial charge in [0, 0.05) is 24.1 Å². The topological polar surface area (TPSA) is 85.4 Å². The van der Waals surface area contributed by atoms with E-state index in [1.807, 2.05) is 30.3 Å². The molecule has 18 heavy (non-hydrogen) atoms. The van der Waals surface area contributed by atoms with Crippen LogP contribution in [-0.4, -0.2) is 28.7 Å². The summed E-state index contributed by atoms with van der Waals surface area (Å²) in [6.45, 7) is 0.270. The first-order valence-electron chi connectivity index (χ1n) is 5.63. The number of hydrogen-bond acceptors (Lipinski definition) is 4. The molecule has 94 valence electrons. The van der Waals surface area contributed by atoms with Crippen LogP contribution in [0.1, 0.15) is 6.42 Å². The largest absolute Gasteiger partial charge is 0.493 e. The van der Waals surface area contributed by atoms with Crippen LogP contribution < -0.4 is 10.5 Å². The molecule has 0 fully saturated rings. The minimum atomic E-state index is -1.02. The number of benzene rings is 1. The Labute approximate surface area is 104 Å². The molecule has 2 rings (SSSR count). The van der Waals surface area contributed by atoms with Gasteiger partial charge in [0.15, 0.2) is 0 Å². The molecule has 1 atom stereocenters. The van der Waals surface area contributed by atoms with Crippen molar-refractivity contribution in [3.8, 4) is 5.75 Å². The van der Waals surface area contributed by atoms with Crippen molar-refractivity contribution in [2.45, 2.75) is 12.5 Å². The summed E-state index contributed by atoms with van der Waals surface area (Å²) in [5.74, 6) is -0.349. The van der Waals surface area contributed by atoms with E-state index in [-0.39, 0.29) is 13.0 Å². The lowest BCUT2D eigenvalue weighted by Crippen LogP contribution is -2.31. The Morgan fingerprint density at radius 2 is 2.28 bits per heavy atom. The van der Waals surface area contributed by atoms with Crippen molar-refractivity contribution in [3.05, 3.63) is 36.5 Å². The standard InChI is InChI=1S/C13H14N2O3/c14-11(13(16)17)5-7-18-10-4-3-9-2-1-6-15-12(9)8-10/h1-4,6,8,11H,5,7,14H2,(H,16,17). The van der Waals surface area contributed by atoms with E-state index in [0.29, 0.717) is 5.75 Å². The Balaban J connectivity index is 1.98. The van der Waals surface area contributed by atoms with Crippen LogP contribution in [0.5, 0.6) is 5.75 Å². The SMILES string of the molecule is NC(CCOc1ccc2cccnc2c1)C(=O)O. The lowest BCUT2D eigenvalue weighted by Gasteiger charge is -2.09. The molecule has 1 heterocycles. The zero-order valence-electron chi connectivity index (χ0n) is 9.74. The predicted octanol–water partition coefficient (Wildman–Crippen LogP) is 1.42. The van der Waals surface area contributed by atoms with Crippen molar-refractivity contribution in [2.75, 3.05) is 6.61 Å². The van der Waals surface area contributed by atoms with Gasteiger partial charge in [-0.1, -0.05) is 6.07 Å². The highest BCUT2D eigenvalue weighted by atomic mass is 16.5. The average molecular weight is 246 g/mol.